The van der Waals surface area contributed by atoms with E-state index in [1.807, 2.05) is 11.0 Å². The van der Waals surface area contributed by atoms with Crippen LogP contribution in [0.4, 0.5) is 34.1 Å². The van der Waals surface area contributed by atoms with Crippen LogP contribution >= 0.6 is 0 Å². The molecule has 0 atom stereocenters. The normalized spacial score (nSPS) is 19.0. The first-order valence-corrected chi connectivity index (χ1v) is 25.7. The van der Waals surface area contributed by atoms with Gasteiger partial charge in [-0.2, -0.15) is 0 Å². The van der Waals surface area contributed by atoms with Gasteiger partial charge in [0.2, 0.25) is 0 Å². The quantitative estimate of drug-likeness (QED) is 0.155. The molecule has 0 unspecified atom stereocenters. The van der Waals surface area contributed by atoms with Gasteiger partial charge in [-0.15, -0.1) is 0 Å². The molecular weight excluding hydrogens is 896 g/mol. The molecule has 74 heavy (non-hydrogen) atoms. The van der Waals surface area contributed by atoms with Crippen molar-refractivity contribution in [1.29, 1.82) is 0 Å². The molecular formula is C70H57BN2O. The summed E-state index contributed by atoms with van der Waals surface area (Å²) in [7, 11) is 0. The summed E-state index contributed by atoms with van der Waals surface area (Å²) in [5.74, 6) is -0.208. The SMILES string of the molecule is [2H]c1c([2H])c([2H])c(-c2ccc(N3c4cc(C5CCCCC5)cc5c4B(c4cc6c(cc4N5c4ccc5c(c4)C(C)(C)c4ccccc4-5)C(C)(C)c4ccccc4-6)c4oc(-c5c([2H])c([2H])c([2H])c([2H])c5[2H])c(-c5c([2H])c([2H])c([2H])c([2H])c5[2H])c43)cc2)c([2H])c1[2H]. The maximum Gasteiger partial charge on any atom is 0.297 e. The van der Waals surface area contributed by atoms with Gasteiger partial charge in [0.05, 0.1) is 37.5 Å². The van der Waals surface area contributed by atoms with Crippen LogP contribution in [0.3, 0.4) is 0 Å². The van der Waals surface area contributed by atoms with Gasteiger partial charge in [0.1, 0.15) is 5.76 Å². The van der Waals surface area contributed by atoms with Crippen LogP contribution < -0.4 is 26.4 Å². The highest BCUT2D eigenvalue weighted by atomic mass is 16.3. The molecule has 1 aromatic heterocycles. The smallest absolute Gasteiger partial charge is 0.297 e. The Kier molecular flexibility index (Phi) is 6.76. The lowest BCUT2D eigenvalue weighted by Crippen LogP contribution is -2.61. The molecule has 0 saturated heterocycles. The molecule has 10 aromatic rings. The second kappa shape index (κ2) is 16.2. The molecule has 4 heteroatoms. The average Bonchev–Trinajstić information content (AvgIpc) is 1.64. The number of anilines is 6. The van der Waals surface area contributed by atoms with Crippen molar-refractivity contribution in [3.8, 4) is 55.8 Å². The van der Waals surface area contributed by atoms with Crippen LogP contribution in [0.1, 0.15) is 114 Å². The summed E-state index contributed by atoms with van der Waals surface area (Å²) in [5, 5.41) is 0. The van der Waals surface area contributed by atoms with Crippen LogP contribution in [0.5, 0.6) is 0 Å². The van der Waals surface area contributed by atoms with E-state index >= 15 is 0 Å². The van der Waals surface area contributed by atoms with Crippen LogP contribution in [0.15, 0.2) is 210 Å². The van der Waals surface area contributed by atoms with Gasteiger partial charge >= 0.3 is 0 Å². The largest absolute Gasteiger partial charge is 0.467 e. The molecule has 15 rings (SSSR count). The summed E-state index contributed by atoms with van der Waals surface area (Å²) >= 11 is 0. The fourth-order valence-electron chi connectivity index (χ4n) is 13.4. The van der Waals surface area contributed by atoms with Crippen LogP contribution in [-0.4, -0.2) is 6.71 Å². The Hall–Kier alpha value is -8.08. The number of furan rings is 1. The minimum atomic E-state index is -0.874. The van der Waals surface area contributed by atoms with E-state index in [1.54, 1.807) is 24.3 Å². The van der Waals surface area contributed by atoms with E-state index in [9.17, 15) is 8.22 Å². The standard InChI is InChI=1S/C70H57BN2O/c1-69(2)56-31-19-17-29-52(56)54-38-37-51(41-58(54)69)72-61-43-59-55(53-30-18-20-32-57(53)70(59,3)4)42-60(61)71-65-62(72)39-49(45-23-11-6-12-24-45)40-63(65)73(50-35-33-46(34-36-50)44-21-9-5-10-22-44)66-64(47-25-13-7-14-26-47)67(74-68(66)71)48-27-15-8-16-28-48/h5,7-10,13-22,25-43,45H,6,11-12,23-24H2,1-4H3/i5D,7D,8D,9D,10D,13D,14D,15D,16D,21D,22D,25D,26D,27D,28D. The fourth-order valence-corrected chi connectivity index (χ4v) is 13.4. The molecule has 5 aliphatic rings. The Morgan fingerprint density at radius 1 is 0.486 bits per heavy atom. The highest BCUT2D eigenvalue weighted by molar-refractivity contribution is 7.00. The second-order valence-corrected chi connectivity index (χ2v) is 21.5. The number of benzene rings is 9. The van der Waals surface area contributed by atoms with Gasteiger partial charge in [-0.25, -0.2) is 0 Å². The molecule has 0 radical (unpaired) electrons. The molecule has 1 fully saturated rings. The topological polar surface area (TPSA) is 19.6 Å². The third-order valence-electron chi connectivity index (χ3n) is 16.9. The van der Waals surface area contributed by atoms with Crippen LogP contribution in [0.25, 0.3) is 55.8 Å². The zero-order chi connectivity index (χ0) is 62.5. The van der Waals surface area contributed by atoms with Crippen molar-refractivity contribution < 1.29 is 25.0 Å². The van der Waals surface area contributed by atoms with Gasteiger partial charge in [0.15, 0.2) is 0 Å². The first kappa shape index (κ1) is 30.8. The lowest BCUT2D eigenvalue weighted by atomic mass is 9.35. The van der Waals surface area contributed by atoms with Gasteiger partial charge < -0.3 is 14.2 Å². The van der Waals surface area contributed by atoms with Gasteiger partial charge in [0.25, 0.3) is 6.71 Å². The average molecular weight is 968 g/mol. The number of fused-ring (bicyclic) bond motifs is 10. The van der Waals surface area contributed by atoms with Gasteiger partial charge in [-0.3, -0.25) is 0 Å². The predicted octanol–water partition coefficient (Wildman–Crippen LogP) is 17.0. The zero-order valence-electron chi connectivity index (χ0n) is 56.5. The molecule has 0 spiro atoms. The second-order valence-electron chi connectivity index (χ2n) is 21.5. The summed E-state index contributed by atoms with van der Waals surface area (Å²) in [5.41, 5.74) is 14.3. The molecule has 0 bridgehead atoms. The van der Waals surface area contributed by atoms with Gasteiger partial charge in [-0.05, 0) is 139 Å². The minimum absolute atomic E-state index is 0.0182. The number of hydrogen-bond acceptors (Lipinski definition) is 3. The minimum Gasteiger partial charge on any atom is -0.467 e. The van der Waals surface area contributed by atoms with E-state index in [0.29, 0.717) is 16.9 Å². The highest BCUT2D eigenvalue weighted by Gasteiger charge is 2.50. The van der Waals surface area contributed by atoms with Crippen LogP contribution in [0, 0.1) is 0 Å². The van der Waals surface area contributed by atoms with Crippen molar-refractivity contribution in [2.75, 3.05) is 9.80 Å². The molecule has 2 aliphatic heterocycles. The van der Waals surface area contributed by atoms with E-state index in [0.717, 1.165) is 99.0 Å². The van der Waals surface area contributed by atoms with Crippen molar-refractivity contribution in [3.05, 3.63) is 234 Å². The monoisotopic (exact) mass is 968 g/mol. The Labute approximate surface area is 457 Å². The van der Waals surface area contributed by atoms with Crippen LogP contribution in [0.2, 0.25) is 0 Å². The summed E-state index contributed by atoms with van der Waals surface area (Å²) in [4.78, 5) is 4.30. The number of rotatable bonds is 6. The fraction of sp³-hybridized carbons (Fsp3) is 0.171. The molecule has 356 valence electrons. The van der Waals surface area contributed by atoms with Crippen molar-refractivity contribution in [2.45, 2.75) is 76.5 Å². The Morgan fingerprint density at radius 3 is 1.70 bits per heavy atom. The zero-order valence-corrected chi connectivity index (χ0v) is 41.5. The third-order valence-corrected chi connectivity index (χ3v) is 16.9. The summed E-state index contributed by atoms with van der Waals surface area (Å²) in [6, 6.07) is 30.8. The molecule has 1 saturated carbocycles. The first-order chi connectivity index (χ1) is 42.4. The highest BCUT2D eigenvalue weighted by Crippen LogP contribution is 2.56. The van der Waals surface area contributed by atoms with E-state index in [-0.39, 0.29) is 50.7 Å². The van der Waals surface area contributed by atoms with E-state index in [1.165, 1.54) is 11.1 Å². The van der Waals surface area contributed by atoms with E-state index < -0.39 is 103 Å². The third kappa shape index (κ3) is 6.27. The summed E-state index contributed by atoms with van der Waals surface area (Å²) in [6.07, 6.45) is 4.90. The van der Waals surface area contributed by atoms with Gasteiger partial charge in [-0.1, -0.05) is 210 Å². The molecule has 0 N–H and O–H groups in total. The first-order valence-electron chi connectivity index (χ1n) is 33.2. The Morgan fingerprint density at radius 2 is 1.04 bits per heavy atom. The van der Waals surface area contributed by atoms with Gasteiger partial charge in [0, 0.05) is 44.8 Å². The molecule has 0 amide bonds. The maximum atomic E-state index is 9.79. The number of hydrogen-bond donors (Lipinski definition) is 0. The molecule has 3 nitrogen and oxygen atoms in total. The summed E-state index contributed by atoms with van der Waals surface area (Å²) < 4.78 is 144. The van der Waals surface area contributed by atoms with Crippen LogP contribution in [-0.2, 0) is 10.8 Å². The molecule has 9 aromatic carbocycles. The summed E-state index contributed by atoms with van der Waals surface area (Å²) in [6.45, 7) is 8.13. The lowest BCUT2D eigenvalue weighted by Gasteiger charge is -2.44. The van der Waals surface area contributed by atoms with Crippen molar-refractivity contribution >= 4 is 57.4 Å². The lowest BCUT2D eigenvalue weighted by molar-refractivity contribution is 0.444. The van der Waals surface area contributed by atoms with Crippen molar-refractivity contribution in [2.24, 2.45) is 0 Å². The Bertz CT molecular complexity index is 4730. The number of nitrogens with zero attached hydrogens (tertiary/aromatic N) is 2. The van der Waals surface area contributed by atoms with Crippen molar-refractivity contribution in [3.63, 3.8) is 0 Å². The molecule has 3 heterocycles. The maximum absolute atomic E-state index is 9.79. The molecule has 3 aliphatic carbocycles. The van der Waals surface area contributed by atoms with E-state index in [2.05, 4.69) is 118 Å². The van der Waals surface area contributed by atoms with Crippen molar-refractivity contribution in [1.82, 2.24) is 0 Å². The predicted molar refractivity (Wildman–Crippen MR) is 310 cm³/mol. The Balaban J connectivity index is 1.12. The van der Waals surface area contributed by atoms with E-state index in [4.69, 9.17) is 16.8 Å².